The molecule has 138 valence electrons. The van der Waals surface area contributed by atoms with E-state index in [0.717, 1.165) is 17.5 Å². The van der Waals surface area contributed by atoms with Gasteiger partial charge in [0.05, 0.1) is 6.42 Å². The third-order valence-corrected chi connectivity index (χ3v) is 4.47. The van der Waals surface area contributed by atoms with Crippen molar-refractivity contribution in [3.8, 4) is 0 Å². The summed E-state index contributed by atoms with van der Waals surface area (Å²) in [7, 11) is 0. The van der Waals surface area contributed by atoms with Crippen LogP contribution in [-0.2, 0) is 22.4 Å². The predicted octanol–water partition coefficient (Wildman–Crippen LogP) is 3.40. The van der Waals surface area contributed by atoms with E-state index in [-0.39, 0.29) is 11.8 Å². The molecular weight excluding hydrogens is 348 g/mol. The van der Waals surface area contributed by atoms with Crippen molar-refractivity contribution in [2.75, 3.05) is 19.6 Å². The Hall–Kier alpha value is -2.33. The number of halogens is 1. The lowest BCUT2D eigenvalue weighted by Crippen LogP contribution is -2.39. The molecular formula is C21H25ClN2O2. The molecule has 0 aliphatic heterocycles. The lowest BCUT2D eigenvalue weighted by Gasteiger charge is -2.21. The Kier molecular flexibility index (Phi) is 7.67. The average molecular weight is 373 g/mol. The Balaban J connectivity index is 1.75. The number of aryl methyl sites for hydroxylation is 1. The van der Waals surface area contributed by atoms with Crippen LogP contribution in [0.25, 0.3) is 0 Å². The van der Waals surface area contributed by atoms with Gasteiger partial charge in [0.1, 0.15) is 0 Å². The maximum absolute atomic E-state index is 12.0. The Morgan fingerprint density at radius 3 is 2.19 bits per heavy atom. The third kappa shape index (κ3) is 6.89. The van der Waals surface area contributed by atoms with E-state index in [0.29, 0.717) is 31.1 Å². The number of rotatable bonds is 8. The maximum atomic E-state index is 12.0. The molecule has 0 fully saturated rings. The number of carbonyl (C=O) groups is 2. The molecule has 0 saturated carbocycles. The Morgan fingerprint density at radius 1 is 0.962 bits per heavy atom. The highest BCUT2D eigenvalue weighted by atomic mass is 35.5. The maximum Gasteiger partial charge on any atom is 0.224 e. The number of nitrogens with one attached hydrogen (secondary N) is 1. The first-order valence-corrected chi connectivity index (χ1v) is 9.14. The highest BCUT2D eigenvalue weighted by molar-refractivity contribution is 6.30. The summed E-state index contributed by atoms with van der Waals surface area (Å²) in [5, 5.41) is 3.59. The van der Waals surface area contributed by atoms with Gasteiger partial charge < -0.3 is 10.2 Å². The summed E-state index contributed by atoms with van der Waals surface area (Å²) >= 11 is 5.88. The van der Waals surface area contributed by atoms with E-state index in [4.69, 9.17) is 11.6 Å². The van der Waals surface area contributed by atoms with Gasteiger partial charge in [-0.05, 0) is 36.6 Å². The van der Waals surface area contributed by atoms with Gasteiger partial charge in [0.2, 0.25) is 11.8 Å². The molecule has 0 atom stereocenters. The first-order chi connectivity index (χ1) is 12.4. The van der Waals surface area contributed by atoms with Gasteiger partial charge in [-0.3, -0.25) is 9.59 Å². The summed E-state index contributed by atoms with van der Waals surface area (Å²) in [5.41, 5.74) is 3.29. The highest BCUT2D eigenvalue weighted by Gasteiger charge is 2.10. The Bertz CT molecular complexity index is 727. The molecule has 5 heteroatoms. The summed E-state index contributed by atoms with van der Waals surface area (Å²) in [4.78, 5) is 25.6. The molecule has 0 aliphatic carbocycles. The van der Waals surface area contributed by atoms with Crippen LogP contribution in [0.1, 0.15) is 23.6 Å². The van der Waals surface area contributed by atoms with Crippen LogP contribution < -0.4 is 5.32 Å². The topological polar surface area (TPSA) is 49.4 Å². The summed E-state index contributed by atoms with van der Waals surface area (Å²) in [6, 6.07) is 15.5. The smallest absolute Gasteiger partial charge is 0.224 e. The van der Waals surface area contributed by atoms with Crippen molar-refractivity contribution >= 4 is 23.4 Å². The van der Waals surface area contributed by atoms with Crippen molar-refractivity contribution < 1.29 is 9.59 Å². The van der Waals surface area contributed by atoms with E-state index in [2.05, 4.69) is 5.32 Å². The molecule has 2 rings (SSSR count). The van der Waals surface area contributed by atoms with Gasteiger partial charge in [0, 0.05) is 31.6 Å². The minimum atomic E-state index is -0.0324. The fourth-order valence-corrected chi connectivity index (χ4v) is 2.75. The number of hydrogen-bond donors (Lipinski definition) is 1. The second kappa shape index (κ2) is 9.97. The van der Waals surface area contributed by atoms with Gasteiger partial charge >= 0.3 is 0 Å². The minimum absolute atomic E-state index is 0.00625. The van der Waals surface area contributed by atoms with Crippen LogP contribution in [0.3, 0.4) is 0 Å². The Morgan fingerprint density at radius 2 is 1.58 bits per heavy atom. The van der Waals surface area contributed by atoms with Crippen molar-refractivity contribution in [2.45, 2.75) is 26.7 Å². The molecule has 2 aromatic rings. The minimum Gasteiger partial charge on any atom is -0.354 e. The summed E-state index contributed by atoms with van der Waals surface area (Å²) in [6.45, 7) is 5.14. The van der Waals surface area contributed by atoms with Crippen molar-refractivity contribution in [3.63, 3.8) is 0 Å². The molecule has 0 aliphatic rings. The van der Waals surface area contributed by atoms with Crippen LogP contribution >= 0.6 is 11.6 Å². The molecule has 4 nitrogen and oxygen atoms in total. The lowest BCUT2D eigenvalue weighted by molar-refractivity contribution is -0.129. The van der Waals surface area contributed by atoms with Gasteiger partial charge in [-0.1, -0.05) is 53.6 Å². The van der Waals surface area contributed by atoms with Crippen LogP contribution in [0.4, 0.5) is 0 Å². The highest BCUT2D eigenvalue weighted by Crippen LogP contribution is 2.10. The zero-order valence-electron chi connectivity index (χ0n) is 15.3. The molecule has 2 amide bonds. The standard InChI is InChI=1S/C21H25ClN2O2/c1-16-3-5-19(6-4-16)15-21(26)23-12-14-24(17(2)25)13-11-18-7-9-20(22)10-8-18/h3-10H,11-15H2,1-2H3,(H,23,26). The Labute approximate surface area is 160 Å². The van der Waals surface area contributed by atoms with Crippen LogP contribution in [0.2, 0.25) is 5.02 Å². The largest absolute Gasteiger partial charge is 0.354 e. The van der Waals surface area contributed by atoms with Crippen LogP contribution in [0.5, 0.6) is 0 Å². The van der Waals surface area contributed by atoms with Gasteiger partial charge in [-0.2, -0.15) is 0 Å². The van der Waals surface area contributed by atoms with E-state index in [1.807, 2.05) is 55.5 Å². The van der Waals surface area contributed by atoms with Crippen molar-refractivity contribution in [1.29, 1.82) is 0 Å². The van der Waals surface area contributed by atoms with Crippen molar-refractivity contribution in [1.82, 2.24) is 10.2 Å². The number of hydrogen-bond acceptors (Lipinski definition) is 2. The van der Waals surface area contributed by atoms with Crippen molar-refractivity contribution in [3.05, 3.63) is 70.2 Å². The summed E-state index contributed by atoms with van der Waals surface area (Å²) < 4.78 is 0. The second-order valence-electron chi connectivity index (χ2n) is 6.39. The molecule has 2 aromatic carbocycles. The first kappa shape index (κ1) is 20.0. The average Bonchev–Trinajstić information content (AvgIpc) is 2.61. The van der Waals surface area contributed by atoms with E-state index in [1.165, 1.54) is 5.56 Å². The van der Waals surface area contributed by atoms with Gasteiger partial charge in [-0.15, -0.1) is 0 Å². The quantitative estimate of drug-likeness (QED) is 0.772. The van der Waals surface area contributed by atoms with E-state index >= 15 is 0 Å². The van der Waals surface area contributed by atoms with Crippen LogP contribution in [0, 0.1) is 6.92 Å². The second-order valence-corrected chi connectivity index (χ2v) is 6.83. The number of benzene rings is 2. The SMILES string of the molecule is CC(=O)N(CCNC(=O)Cc1ccc(C)cc1)CCc1ccc(Cl)cc1. The van der Waals surface area contributed by atoms with E-state index in [1.54, 1.807) is 11.8 Å². The van der Waals surface area contributed by atoms with Crippen molar-refractivity contribution in [2.24, 2.45) is 0 Å². The zero-order valence-corrected chi connectivity index (χ0v) is 16.1. The molecule has 26 heavy (non-hydrogen) atoms. The predicted molar refractivity (Wildman–Crippen MR) is 105 cm³/mol. The van der Waals surface area contributed by atoms with Crippen LogP contribution in [-0.4, -0.2) is 36.3 Å². The van der Waals surface area contributed by atoms with Gasteiger partial charge in [0.15, 0.2) is 0 Å². The number of amides is 2. The van der Waals surface area contributed by atoms with Gasteiger partial charge in [-0.25, -0.2) is 0 Å². The summed E-state index contributed by atoms with van der Waals surface area (Å²) in [5.74, 6) is -0.0261. The molecule has 0 heterocycles. The molecule has 0 bridgehead atoms. The van der Waals surface area contributed by atoms with Gasteiger partial charge in [0.25, 0.3) is 0 Å². The first-order valence-electron chi connectivity index (χ1n) is 8.76. The zero-order chi connectivity index (χ0) is 18.9. The molecule has 1 N–H and O–H groups in total. The number of carbonyl (C=O) groups excluding carboxylic acids is 2. The normalized spacial score (nSPS) is 10.4. The van der Waals surface area contributed by atoms with E-state index < -0.39 is 0 Å². The third-order valence-electron chi connectivity index (χ3n) is 4.22. The summed E-state index contributed by atoms with van der Waals surface area (Å²) in [6.07, 6.45) is 1.11. The number of nitrogens with zero attached hydrogens (tertiary/aromatic N) is 1. The lowest BCUT2D eigenvalue weighted by atomic mass is 10.1. The molecule has 0 aromatic heterocycles. The monoisotopic (exact) mass is 372 g/mol. The molecule has 0 spiro atoms. The fraction of sp³-hybridized carbons (Fsp3) is 0.333. The van der Waals surface area contributed by atoms with Crippen LogP contribution in [0.15, 0.2) is 48.5 Å². The molecule has 0 unspecified atom stereocenters. The van der Waals surface area contributed by atoms with E-state index in [9.17, 15) is 9.59 Å². The fourth-order valence-electron chi connectivity index (χ4n) is 2.63. The molecule has 0 radical (unpaired) electrons. The molecule has 0 saturated heterocycles.